The van der Waals surface area contributed by atoms with Crippen LogP contribution >= 0.6 is 0 Å². The molecule has 1 aromatic rings. The van der Waals surface area contributed by atoms with Gasteiger partial charge in [-0.1, -0.05) is 24.3 Å². The number of fused-ring (bicyclic) bond motifs is 1. The molecule has 0 amide bonds. The van der Waals surface area contributed by atoms with Gasteiger partial charge in [0.25, 0.3) is 0 Å². The summed E-state index contributed by atoms with van der Waals surface area (Å²) >= 11 is 0. The molecule has 1 aliphatic carbocycles. The van der Waals surface area contributed by atoms with Crippen molar-refractivity contribution in [1.29, 1.82) is 0 Å². The fourth-order valence-corrected chi connectivity index (χ4v) is 2.25. The molecule has 2 rings (SSSR count). The lowest BCUT2D eigenvalue weighted by Gasteiger charge is -2.23. The first kappa shape index (κ1) is 15.1. The van der Waals surface area contributed by atoms with Crippen molar-refractivity contribution < 1.29 is 9.84 Å². The van der Waals surface area contributed by atoms with Crippen LogP contribution < -0.4 is 10.1 Å². The van der Waals surface area contributed by atoms with Crippen LogP contribution in [0.4, 0.5) is 0 Å². The number of aliphatic hydroxyl groups is 1. The molecule has 0 aliphatic heterocycles. The minimum Gasteiger partial charge on any atom is -0.491 e. The van der Waals surface area contributed by atoms with Gasteiger partial charge in [0.1, 0.15) is 18.5 Å². The second kappa shape index (κ2) is 6.42. The molecule has 1 aromatic carbocycles. The number of aliphatic hydroxyl groups excluding tert-OH is 1. The number of benzene rings is 1. The number of allylic oxidation sites excluding steroid dienone is 2. The SMILES string of the molecule is CC(C)(C)NC[C@H](O)COc1cccc2c1CC=CC2. The van der Waals surface area contributed by atoms with E-state index in [-0.39, 0.29) is 5.54 Å². The molecule has 1 aliphatic rings. The fourth-order valence-electron chi connectivity index (χ4n) is 2.25. The van der Waals surface area contributed by atoms with Crippen LogP contribution in [0.3, 0.4) is 0 Å². The van der Waals surface area contributed by atoms with Gasteiger partial charge in [0.15, 0.2) is 0 Å². The molecule has 0 fully saturated rings. The first-order valence-corrected chi connectivity index (χ1v) is 7.27. The maximum absolute atomic E-state index is 9.98. The topological polar surface area (TPSA) is 41.5 Å². The molecule has 0 radical (unpaired) electrons. The molecule has 110 valence electrons. The van der Waals surface area contributed by atoms with Gasteiger partial charge in [-0.3, -0.25) is 0 Å². The molecule has 3 heteroatoms. The van der Waals surface area contributed by atoms with E-state index in [1.54, 1.807) is 0 Å². The Kier molecular flexibility index (Phi) is 4.84. The third-order valence-electron chi connectivity index (χ3n) is 3.36. The molecule has 2 N–H and O–H groups in total. The Hall–Kier alpha value is -1.32. The Bertz CT molecular complexity index is 474. The van der Waals surface area contributed by atoms with Crippen molar-refractivity contribution in [2.24, 2.45) is 0 Å². The number of ether oxygens (including phenoxy) is 1. The van der Waals surface area contributed by atoms with Gasteiger partial charge in [0.05, 0.1) is 0 Å². The molecule has 0 aromatic heterocycles. The summed E-state index contributed by atoms with van der Waals surface area (Å²) in [7, 11) is 0. The molecule has 0 heterocycles. The third-order valence-corrected chi connectivity index (χ3v) is 3.36. The Morgan fingerprint density at radius 2 is 2.00 bits per heavy atom. The van der Waals surface area contributed by atoms with E-state index in [2.05, 4.69) is 44.3 Å². The van der Waals surface area contributed by atoms with Crippen molar-refractivity contribution in [1.82, 2.24) is 5.32 Å². The highest BCUT2D eigenvalue weighted by molar-refractivity contribution is 5.44. The van der Waals surface area contributed by atoms with E-state index in [9.17, 15) is 5.11 Å². The summed E-state index contributed by atoms with van der Waals surface area (Å²) in [4.78, 5) is 0. The monoisotopic (exact) mass is 275 g/mol. The highest BCUT2D eigenvalue weighted by atomic mass is 16.5. The van der Waals surface area contributed by atoms with Crippen molar-refractivity contribution in [3.8, 4) is 5.75 Å². The van der Waals surface area contributed by atoms with Gasteiger partial charge in [-0.25, -0.2) is 0 Å². The summed E-state index contributed by atoms with van der Waals surface area (Å²) < 4.78 is 5.81. The van der Waals surface area contributed by atoms with Gasteiger partial charge in [0.2, 0.25) is 0 Å². The Labute approximate surface area is 121 Å². The minimum atomic E-state index is -0.496. The van der Waals surface area contributed by atoms with E-state index in [4.69, 9.17) is 4.74 Å². The molecule has 20 heavy (non-hydrogen) atoms. The lowest BCUT2D eigenvalue weighted by atomic mass is 9.96. The van der Waals surface area contributed by atoms with Gasteiger partial charge in [-0.15, -0.1) is 0 Å². The van der Waals surface area contributed by atoms with E-state index < -0.39 is 6.10 Å². The van der Waals surface area contributed by atoms with E-state index in [1.165, 1.54) is 11.1 Å². The summed E-state index contributed by atoms with van der Waals surface area (Å²) in [6, 6.07) is 6.15. The number of hydrogen-bond acceptors (Lipinski definition) is 3. The maximum atomic E-state index is 9.98. The molecule has 1 atom stereocenters. The molecule has 0 saturated carbocycles. The Balaban J connectivity index is 1.89. The molecule has 0 spiro atoms. The van der Waals surface area contributed by atoms with Crippen molar-refractivity contribution in [3.63, 3.8) is 0 Å². The largest absolute Gasteiger partial charge is 0.491 e. The zero-order valence-corrected chi connectivity index (χ0v) is 12.6. The Morgan fingerprint density at radius 3 is 2.75 bits per heavy atom. The first-order valence-electron chi connectivity index (χ1n) is 7.27. The average molecular weight is 275 g/mol. The van der Waals surface area contributed by atoms with Gasteiger partial charge in [0, 0.05) is 17.6 Å². The zero-order chi connectivity index (χ0) is 14.6. The van der Waals surface area contributed by atoms with Gasteiger partial charge in [-0.2, -0.15) is 0 Å². The van der Waals surface area contributed by atoms with Crippen LogP contribution in [0.5, 0.6) is 5.75 Å². The van der Waals surface area contributed by atoms with Crippen molar-refractivity contribution in [3.05, 3.63) is 41.5 Å². The predicted molar refractivity (Wildman–Crippen MR) is 82.2 cm³/mol. The lowest BCUT2D eigenvalue weighted by molar-refractivity contribution is 0.0996. The molecule has 0 unspecified atom stereocenters. The summed E-state index contributed by atoms with van der Waals surface area (Å²) in [5.41, 5.74) is 2.59. The summed E-state index contributed by atoms with van der Waals surface area (Å²) in [5, 5.41) is 13.3. The van der Waals surface area contributed by atoms with Crippen LogP contribution in [0.1, 0.15) is 31.9 Å². The normalized spacial score (nSPS) is 15.8. The predicted octanol–water partition coefficient (Wildman–Crippen LogP) is 2.47. The van der Waals surface area contributed by atoms with Crippen LogP contribution in [0.15, 0.2) is 30.4 Å². The highest BCUT2D eigenvalue weighted by Gasteiger charge is 2.14. The van der Waals surface area contributed by atoms with Crippen LogP contribution in [0.2, 0.25) is 0 Å². The van der Waals surface area contributed by atoms with Crippen LogP contribution in [-0.2, 0) is 12.8 Å². The zero-order valence-electron chi connectivity index (χ0n) is 12.6. The standard InChI is InChI=1S/C17H25NO2/c1-17(2,3)18-11-14(19)12-20-16-10-6-8-13-7-4-5-9-15(13)16/h4-6,8,10,14,18-19H,7,9,11-12H2,1-3H3/t14-/m0/s1. The Morgan fingerprint density at radius 1 is 1.25 bits per heavy atom. The van der Waals surface area contributed by atoms with Gasteiger partial charge >= 0.3 is 0 Å². The maximum Gasteiger partial charge on any atom is 0.123 e. The van der Waals surface area contributed by atoms with E-state index in [0.717, 1.165) is 18.6 Å². The third kappa shape index (κ3) is 4.36. The lowest BCUT2D eigenvalue weighted by Crippen LogP contribution is -2.42. The fraction of sp³-hybridized carbons (Fsp3) is 0.529. The van der Waals surface area contributed by atoms with Crippen LogP contribution in [0.25, 0.3) is 0 Å². The number of rotatable bonds is 5. The summed E-state index contributed by atoms with van der Waals surface area (Å²) in [6.45, 7) is 7.11. The van der Waals surface area contributed by atoms with Gasteiger partial charge < -0.3 is 15.2 Å². The highest BCUT2D eigenvalue weighted by Crippen LogP contribution is 2.26. The van der Waals surface area contributed by atoms with E-state index in [1.807, 2.05) is 12.1 Å². The quantitative estimate of drug-likeness (QED) is 0.811. The van der Waals surface area contributed by atoms with Crippen molar-refractivity contribution in [2.75, 3.05) is 13.2 Å². The first-order chi connectivity index (χ1) is 9.46. The van der Waals surface area contributed by atoms with Crippen molar-refractivity contribution >= 4 is 0 Å². The summed E-state index contributed by atoms with van der Waals surface area (Å²) in [5.74, 6) is 0.904. The van der Waals surface area contributed by atoms with Crippen molar-refractivity contribution in [2.45, 2.75) is 45.3 Å². The molecule has 0 bridgehead atoms. The number of hydrogen-bond donors (Lipinski definition) is 2. The number of nitrogens with one attached hydrogen (secondary N) is 1. The molecule has 0 saturated heterocycles. The van der Waals surface area contributed by atoms with Crippen LogP contribution in [-0.4, -0.2) is 29.9 Å². The summed E-state index contributed by atoms with van der Waals surface area (Å²) in [6.07, 6.45) is 5.76. The minimum absolute atomic E-state index is 0.0116. The number of β-amino-alcohol motifs (C(OH)–C–C–N with tert-alkyl or cyclic N) is 1. The van der Waals surface area contributed by atoms with Crippen LogP contribution in [0, 0.1) is 0 Å². The molecular weight excluding hydrogens is 250 g/mol. The average Bonchev–Trinajstić information content (AvgIpc) is 2.42. The molecular formula is C17H25NO2. The van der Waals surface area contributed by atoms with E-state index >= 15 is 0 Å². The van der Waals surface area contributed by atoms with Gasteiger partial charge in [-0.05, 0) is 45.2 Å². The second-order valence-electron chi connectivity index (χ2n) is 6.37. The second-order valence-corrected chi connectivity index (χ2v) is 6.37. The molecule has 3 nitrogen and oxygen atoms in total. The smallest absolute Gasteiger partial charge is 0.123 e. The van der Waals surface area contributed by atoms with E-state index in [0.29, 0.717) is 13.2 Å².